The minimum atomic E-state index is 0.164. The molecule has 1 aromatic rings. The fourth-order valence-corrected chi connectivity index (χ4v) is 3.09. The summed E-state index contributed by atoms with van der Waals surface area (Å²) in [6.07, 6.45) is 6.11. The minimum absolute atomic E-state index is 0.164. The number of amides is 1. The van der Waals surface area contributed by atoms with Crippen LogP contribution in [0.5, 0.6) is 0 Å². The molecule has 1 aliphatic rings. The van der Waals surface area contributed by atoms with E-state index in [0.29, 0.717) is 12.6 Å². The van der Waals surface area contributed by atoms with Crippen molar-refractivity contribution in [2.45, 2.75) is 51.7 Å². The Labute approximate surface area is 121 Å². The van der Waals surface area contributed by atoms with Crippen molar-refractivity contribution in [2.75, 3.05) is 13.7 Å². The van der Waals surface area contributed by atoms with Gasteiger partial charge in [-0.05, 0) is 37.5 Å². The third kappa shape index (κ3) is 3.60. The molecular weight excluding hydrogens is 250 g/mol. The van der Waals surface area contributed by atoms with Crippen LogP contribution in [0.2, 0.25) is 0 Å². The van der Waals surface area contributed by atoms with Gasteiger partial charge in [-0.25, -0.2) is 0 Å². The lowest BCUT2D eigenvalue weighted by Crippen LogP contribution is -2.41. The number of benzene rings is 1. The van der Waals surface area contributed by atoms with Crippen molar-refractivity contribution in [3.63, 3.8) is 0 Å². The second-order valence-electron chi connectivity index (χ2n) is 5.52. The van der Waals surface area contributed by atoms with E-state index in [9.17, 15) is 4.79 Å². The fraction of sp³-hybridized carbons (Fsp3) is 0.588. The molecule has 0 radical (unpaired) electrons. The molecule has 1 amide bonds. The number of hydrogen-bond acceptors (Lipinski definition) is 2. The number of ether oxygens (including phenoxy) is 1. The van der Waals surface area contributed by atoms with Crippen LogP contribution < -0.4 is 0 Å². The molecule has 0 heterocycles. The van der Waals surface area contributed by atoms with Gasteiger partial charge in [0.2, 0.25) is 0 Å². The zero-order chi connectivity index (χ0) is 14.4. The van der Waals surface area contributed by atoms with Crippen LogP contribution in [0.1, 0.15) is 54.9 Å². The van der Waals surface area contributed by atoms with Crippen LogP contribution >= 0.6 is 0 Å². The summed E-state index contributed by atoms with van der Waals surface area (Å²) in [4.78, 5) is 14.8. The first-order valence-electron chi connectivity index (χ1n) is 7.65. The molecule has 0 aliphatic heterocycles. The van der Waals surface area contributed by atoms with Crippen LogP contribution in [0.3, 0.4) is 0 Å². The summed E-state index contributed by atoms with van der Waals surface area (Å²) < 4.78 is 5.14. The minimum Gasteiger partial charge on any atom is -0.380 e. The third-order valence-electron chi connectivity index (χ3n) is 4.10. The first-order chi connectivity index (χ1) is 9.76. The van der Waals surface area contributed by atoms with Gasteiger partial charge in [0.25, 0.3) is 5.91 Å². The monoisotopic (exact) mass is 275 g/mol. The second kappa shape index (κ2) is 7.44. The Morgan fingerprint density at radius 3 is 2.70 bits per heavy atom. The zero-order valence-electron chi connectivity index (χ0n) is 12.6. The molecule has 0 saturated heterocycles. The van der Waals surface area contributed by atoms with Gasteiger partial charge >= 0.3 is 0 Å². The van der Waals surface area contributed by atoms with Gasteiger partial charge in [0, 0.05) is 25.3 Å². The van der Waals surface area contributed by atoms with Crippen molar-refractivity contribution >= 4 is 5.91 Å². The summed E-state index contributed by atoms with van der Waals surface area (Å²) in [5, 5.41) is 0. The molecule has 1 aromatic carbocycles. The van der Waals surface area contributed by atoms with Crippen LogP contribution in [-0.2, 0) is 11.3 Å². The highest BCUT2D eigenvalue weighted by Gasteiger charge is 2.24. The summed E-state index contributed by atoms with van der Waals surface area (Å²) in [7, 11) is 1.68. The summed E-state index contributed by atoms with van der Waals surface area (Å²) in [6.45, 7) is 3.42. The normalized spacial score (nSPS) is 16.1. The van der Waals surface area contributed by atoms with Crippen molar-refractivity contribution in [3.05, 3.63) is 35.4 Å². The average Bonchev–Trinajstić information content (AvgIpc) is 2.50. The average molecular weight is 275 g/mol. The molecule has 0 aromatic heterocycles. The highest BCUT2D eigenvalue weighted by Crippen LogP contribution is 2.24. The number of rotatable bonds is 5. The number of carbonyl (C=O) groups is 1. The predicted octanol–water partition coefficient (Wildman–Crippen LogP) is 3.63. The highest BCUT2D eigenvalue weighted by molar-refractivity contribution is 5.94. The molecule has 0 spiro atoms. The lowest BCUT2D eigenvalue weighted by atomic mass is 9.93. The molecule has 1 aliphatic carbocycles. The van der Waals surface area contributed by atoms with Crippen molar-refractivity contribution in [3.8, 4) is 0 Å². The van der Waals surface area contributed by atoms with Gasteiger partial charge in [0.1, 0.15) is 0 Å². The van der Waals surface area contributed by atoms with Crippen molar-refractivity contribution in [2.24, 2.45) is 0 Å². The maximum absolute atomic E-state index is 12.7. The van der Waals surface area contributed by atoms with Gasteiger partial charge in [0.05, 0.1) is 6.61 Å². The molecule has 2 rings (SSSR count). The van der Waals surface area contributed by atoms with E-state index in [1.807, 2.05) is 29.2 Å². The van der Waals surface area contributed by atoms with Gasteiger partial charge < -0.3 is 9.64 Å². The first kappa shape index (κ1) is 15.0. The third-order valence-corrected chi connectivity index (χ3v) is 4.10. The van der Waals surface area contributed by atoms with Crippen molar-refractivity contribution in [1.82, 2.24) is 4.90 Å². The summed E-state index contributed by atoms with van der Waals surface area (Å²) in [5.41, 5.74) is 1.84. The van der Waals surface area contributed by atoms with Gasteiger partial charge in [-0.2, -0.15) is 0 Å². The largest absolute Gasteiger partial charge is 0.380 e. The van der Waals surface area contributed by atoms with Crippen molar-refractivity contribution in [1.29, 1.82) is 0 Å². The summed E-state index contributed by atoms with van der Waals surface area (Å²) >= 11 is 0. The van der Waals surface area contributed by atoms with Gasteiger partial charge in [-0.1, -0.05) is 31.4 Å². The lowest BCUT2D eigenvalue weighted by molar-refractivity contribution is 0.0647. The van der Waals surface area contributed by atoms with Crippen LogP contribution in [-0.4, -0.2) is 30.5 Å². The molecular formula is C17H25NO2. The maximum Gasteiger partial charge on any atom is 0.254 e. The zero-order valence-corrected chi connectivity index (χ0v) is 12.6. The van der Waals surface area contributed by atoms with Crippen LogP contribution in [0.4, 0.5) is 0 Å². The lowest BCUT2D eigenvalue weighted by Gasteiger charge is -2.33. The Morgan fingerprint density at radius 2 is 2.05 bits per heavy atom. The molecule has 3 heteroatoms. The Kier molecular flexibility index (Phi) is 5.60. The Morgan fingerprint density at radius 1 is 1.30 bits per heavy atom. The summed E-state index contributed by atoms with van der Waals surface area (Å²) in [5.74, 6) is 0.164. The number of nitrogens with zero attached hydrogens (tertiary/aromatic N) is 1. The van der Waals surface area contributed by atoms with E-state index in [-0.39, 0.29) is 5.91 Å². The molecule has 110 valence electrons. The first-order valence-corrected chi connectivity index (χ1v) is 7.65. The van der Waals surface area contributed by atoms with Crippen LogP contribution in [0.15, 0.2) is 24.3 Å². The Bertz CT molecular complexity index is 438. The predicted molar refractivity (Wildman–Crippen MR) is 80.7 cm³/mol. The van der Waals surface area contributed by atoms with E-state index in [1.54, 1.807) is 7.11 Å². The van der Waals surface area contributed by atoms with Gasteiger partial charge in [0.15, 0.2) is 0 Å². The van der Waals surface area contributed by atoms with E-state index in [0.717, 1.165) is 30.5 Å². The van der Waals surface area contributed by atoms with Crippen LogP contribution in [0, 0.1) is 0 Å². The molecule has 0 N–H and O–H groups in total. The van der Waals surface area contributed by atoms with E-state index < -0.39 is 0 Å². The van der Waals surface area contributed by atoms with E-state index in [4.69, 9.17) is 4.74 Å². The van der Waals surface area contributed by atoms with Crippen molar-refractivity contribution < 1.29 is 9.53 Å². The molecule has 20 heavy (non-hydrogen) atoms. The maximum atomic E-state index is 12.7. The van der Waals surface area contributed by atoms with Gasteiger partial charge in [-0.15, -0.1) is 0 Å². The Balaban J connectivity index is 2.12. The molecule has 3 nitrogen and oxygen atoms in total. The topological polar surface area (TPSA) is 29.5 Å². The number of carbonyl (C=O) groups excluding carboxylic acids is 1. The molecule has 1 saturated carbocycles. The smallest absolute Gasteiger partial charge is 0.254 e. The second-order valence-corrected chi connectivity index (χ2v) is 5.52. The van der Waals surface area contributed by atoms with E-state index >= 15 is 0 Å². The number of hydrogen-bond donors (Lipinski definition) is 0. The quantitative estimate of drug-likeness (QED) is 0.821. The van der Waals surface area contributed by atoms with E-state index in [1.165, 1.54) is 19.3 Å². The van der Waals surface area contributed by atoms with E-state index in [2.05, 4.69) is 6.92 Å². The molecule has 0 atom stereocenters. The standard InChI is InChI=1S/C17H25NO2/c1-3-18(16-10-5-4-6-11-16)17(19)15-9-7-8-14(12-15)13-20-2/h7-9,12,16H,3-6,10-11,13H2,1-2H3. The SMILES string of the molecule is CCN(C(=O)c1cccc(COC)c1)C1CCCCC1. The Hall–Kier alpha value is -1.35. The molecule has 1 fully saturated rings. The summed E-state index contributed by atoms with van der Waals surface area (Å²) in [6, 6.07) is 8.23. The van der Waals surface area contributed by atoms with Gasteiger partial charge in [-0.3, -0.25) is 4.79 Å². The fourth-order valence-electron chi connectivity index (χ4n) is 3.09. The highest BCUT2D eigenvalue weighted by atomic mass is 16.5. The van der Waals surface area contributed by atoms with Crippen LogP contribution in [0.25, 0.3) is 0 Å². The molecule has 0 bridgehead atoms. The molecule has 0 unspecified atom stereocenters. The number of methoxy groups -OCH3 is 1.